The lowest BCUT2D eigenvalue weighted by atomic mass is 10.3. The van der Waals surface area contributed by atoms with Gasteiger partial charge >= 0.3 is 0 Å². The molecule has 2 aromatic rings. The summed E-state index contributed by atoms with van der Waals surface area (Å²) in [6.07, 6.45) is 5.15. The zero-order valence-corrected chi connectivity index (χ0v) is 10.5. The summed E-state index contributed by atoms with van der Waals surface area (Å²) >= 11 is 0. The van der Waals surface area contributed by atoms with Crippen molar-refractivity contribution in [2.75, 3.05) is 5.75 Å². The van der Waals surface area contributed by atoms with Crippen LogP contribution in [0.4, 0.5) is 0 Å². The minimum Gasteiger partial charge on any atom is -0.347 e. The van der Waals surface area contributed by atoms with Gasteiger partial charge in [-0.05, 0) is 12.1 Å². The van der Waals surface area contributed by atoms with E-state index < -0.39 is 10.0 Å². The predicted molar refractivity (Wildman–Crippen MR) is 67.2 cm³/mol. The molecule has 7 heteroatoms. The Labute approximate surface area is 106 Å². The molecule has 0 aliphatic rings. The van der Waals surface area contributed by atoms with E-state index in [9.17, 15) is 8.42 Å². The van der Waals surface area contributed by atoms with Crippen LogP contribution in [-0.4, -0.2) is 29.1 Å². The number of aryl methyl sites for hydroxylation is 1. The van der Waals surface area contributed by atoms with Gasteiger partial charge < -0.3 is 4.98 Å². The van der Waals surface area contributed by atoms with Crippen LogP contribution in [0.25, 0.3) is 0 Å². The van der Waals surface area contributed by atoms with Gasteiger partial charge in [0.25, 0.3) is 0 Å². The quantitative estimate of drug-likeness (QED) is 0.795. The molecule has 96 valence electrons. The van der Waals surface area contributed by atoms with E-state index in [-0.39, 0.29) is 12.3 Å². The molecule has 2 N–H and O–H groups in total. The summed E-state index contributed by atoms with van der Waals surface area (Å²) < 4.78 is 26.0. The Morgan fingerprint density at radius 1 is 1.33 bits per heavy atom. The van der Waals surface area contributed by atoms with E-state index in [1.807, 2.05) is 12.1 Å². The average molecular weight is 266 g/mol. The third-order valence-electron chi connectivity index (χ3n) is 2.39. The van der Waals surface area contributed by atoms with Crippen molar-refractivity contribution in [1.29, 1.82) is 0 Å². The normalized spacial score (nSPS) is 11.6. The molecular formula is C11H14N4O2S. The Morgan fingerprint density at radius 3 is 2.89 bits per heavy atom. The molecule has 0 aliphatic carbocycles. The molecule has 0 aliphatic heterocycles. The number of hydrogen-bond donors (Lipinski definition) is 2. The minimum absolute atomic E-state index is 0.0259. The number of nitrogens with zero attached hydrogens (tertiary/aromatic N) is 2. The van der Waals surface area contributed by atoms with Gasteiger partial charge in [-0.15, -0.1) is 0 Å². The third kappa shape index (κ3) is 3.94. The molecule has 18 heavy (non-hydrogen) atoms. The van der Waals surface area contributed by atoms with E-state index in [0.29, 0.717) is 6.42 Å². The van der Waals surface area contributed by atoms with Crippen molar-refractivity contribution < 1.29 is 8.42 Å². The standard InChI is InChI=1S/C11H14N4O2S/c16-18(17,15-8-11-7-12-9-14-11)6-4-10-3-1-2-5-13-10/h1-3,5,7,9,15H,4,6,8H2,(H,12,14). The average Bonchev–Trinajstić information content (AvgIpc) is 2.89. The topological polar surface area (TPSA) is 87.7 Å². The number of aromatic nitrogens is 3. The van der Waals surface area contributed by atoms with Gasteiger partial charge in [0.15, 0.2) is 0 Å². The van der Waals surface area contributed by atoms with Gasteiger partial charge in [0.05, 0.1) is 18.6 Å². The molecule has 0 unspecified atom stereocenters. The molecule has 6 nitrogen and oxygen atoms in total. The Morgan fingerprint density at radius 2 is 2.22 bits per heavy atom. The first kappa shape index (κ1) is 12.7. The molecule has 2 heterocycles. The van der Waals surface area contributed by atoms with Crippen LogP contribution in [0.1, 0.15) is 11.4 Å². The molecule has 0 atom stereocenters. The van der Waals surface area contributed by atoms with Crippen molar-refractivity contribution in [3.63, 3.8) is 0 Å². The van der Waals surface area contributed by atoms with Crippen molar-refractivity contribution in [2.24, 2.45) is 0 Å². The summed E-state index contributed by atoms with van der Waals surface area (Å²) in [6.45, 7) is 0.227. The van der Waals surface area contributed by atoms with Crippen LogP contribution in [0.2, 0.25) is 0 Å². The number of nitrogens with one attached hydrogen (secondary N) is 2. The lowest BCUT2D eigenvalue weighted by molar-refractivity contribution is 0.579. The van der Waals surface area contributed by atoms with Crippen molar-refractivity contribution in [3.05, 3.63) is 48.3 Å². The lowest BCUT2D eigenvalue weighted by Crippen LogP contribution is -2.27. The molecule has 0 saturated heterocycles. The number of hydrogen-bond acceptors (Lipinski definition) is 4. The van der Waals surface area contributed by atoms with Crippen LogP contribution < -0.4 is 4.72 Å². The van der Waals surface area contributed by atoms with Crippen molar-refractivity contribution >= 4 is 10.0 Å². The van der Waals surface area contributed by atoms with E-state index in [0.717, 1.165) is 11.4 Å². The Bertz CT molecular complexity index is 566. The molecule has 2 rings (SSSR count). The Kier molecular flexibility index (Phi) is 4.06. The summed E-state index contributed by atoms with van der Waals surface area (Å²) in [5.74, 6) is 0.0259. The molecule has 0 aromatic carbocycles. The van der Waals surface area contributed by atoms with Gasteiger partial charge in [-0.25, -0.2) is 18.1 Å². The maximum absolute atomic E-state index is 11.7. The number of H-pyrrole nitrogens is 1. The van der Waals surface area contributed by atoms with Gasteiger partial charge in [0, 0.05) is 30.2 Å². The SMILES string of the molecule is O=S(=O)(CCc1ccccn1)NCc1cnc[nH]1. The molecule has 0 amide bonds. The van der Waals surface area contributed by atoms with Gasteiger partial charge in [-0.3, -0.25) is 4.98 Å². The molecular weight excluding hydrogens is 252 g/mol. The fourth-order valence-electron chi connectivity index (χ4n) is 1.43. The first-order chi connectivity index (χ1) is 8.66. The summed E-state index contributed by atoms with van der Waals surface area (Å²) in [6, 6.07) is 5.45. The van der Waals surface area contributed by atoms with Gasteiger partial charge in [-0.1, -0.05) is 6.07 Å². The van der Waals surface area contributed by atoms with E-state index >= 15 is 0 Å². The fraction of sp³-hybridized carbons (Fsp3) is 0.273. The van der Waals surface area contributed by atoms with Crippen LogP contribution in [0, 0.1) is 0 Å². The second kappa shape index (κ2) is 5.74. The van der Waals surface area contributed by atoms with E-state index in [4.69, 9.17) is 0 Å². The predicted octanol–water partition coefficient (Wildman–Crippen LogP) is 0.467. The second-order valence-corrected chi connectivity index (χ2v) is 5.71. The molecule has 0 bridgehead atoms. The summed E-state index contributed by atoms with van der Waals surface area (Å²) in [7, 11) is -3.29. The lowest BCUT2D eigenvalue weighted by Gasteiger charge is -2.05. The number of pyridine rings is 1. The summed E-state index contributed by atoms with van der Waals surface area (Å²) in [5.41, 5.74) is 1.50. The van der Waals surface area contributed by atoms with Gasteiger partial charge in [0.2, 0.25) is 10.0 Å². The van der Waals surface area contributed by atoms with E-state index in [1.54, 1.807) is 18.5 Å². The third-order valence-corrected chi connectivity index (χ3v) is 3.72. The Hall–Kier alpha value is -1.73. The smallest absolute Gasteiger partial charge is 0.212 e. The molecule has 0 saturated carbocycles. The van der Waals surface area contributed by atoms with E-state index in [1.165, 1.54) is 6.33 Å². The molecule has 0 radical (unpaired) electrons. The number of aromatic amines is 1. The number of imidazole rings is 1. The van der Waals surface area contributed by atoms with E-state index in [2.05, 4.69) is 19.7 Å². The second-order valence-electron chi connectivity index (χ2n) is 3.79. The maximum atomic E-state index is 11.7. The highest BCUT2D eigenvalue weighted by Crippen LogP contribution is 1.99. The molecule has 0 fully saturated rings. The van der Waals surface area contributed by atoms with Crippen LogP contribution >= 0.6 is 0 Å². The first-order valence-corrected chi connectivity index (χ1v) is 7.15. The fourth-order valence-corrected chi connectivity index (χ4v) is 2.42. The monoisotopic (exact) mass is 266 g/mol. The highest BCUT2D eigenvalue weighted by Gasteiger charge is 2.10. The number of rotatable bonds is 6. The minimum atomic E-state index is -3.29. The maximum Gasteiger partial charge on any atom is 0.212 e. The highest BCUT2D eigenvalue weighted by atomic mass is 32.2. The zero-order valence-electron chi connectivity index (χ0n) is 9.70. The highest BCUT2D eigenvalue weighted by molar-refractivity contribution is 7.89. The zero-order chi connectivity index (χ0) is 12.8. The van der Waals surface area contributed by atoms with Gasteiger partial charge in [0.1, 0.15) is 0 Å². The van der Waals surface area contributed by atoms with Crippen LogP contribution in [0.5, 0.6) is 0 Å². The van der Waals surface area contributed by atoms with Crippen LogP contribution in [0.3, 0.4) is 0 Å². The van der Waals surface area contributed by atoms with Crippen molar-refractivity contribution in [3.8, 4) is 0 Å². The van der Waals surface area contributed by atoms with Crippen LogP contribution in [0.15, 0.2) is 36.9 Å². The van der Waals surface area contributed by atoms with Crippen molar-refractivity contribution in [1.82, 2.24) is 19.7 Å². The van der Waals surface area contributed by atoms with Crippen LogP contribution in [-0.2, 0) is 23.0 Å². The first-order valence-electron chi connectivity index (χ1n) is 5.50. The van der Waals surface area contributed by atoms with Crippen molar-refractivity contribution in [2.45, 2.75) is 13.0 Å². The largest absolute Gasteiger partial charge is 0.347 e. The number of sulfonamides is 1. The summed E-state index contributed by atoms with van der Waals surface area (Å²) in [5, 5.41) is 0. The molecule has 2 aromatic heterocycles. The summed E-state index contributed by atoms with van der Waals surface area (Å²) in [4.78, 5) is 10.7. The Balaban J connectivity index is 1.84. The van der Waals surface area contributed by atoms with Gasteiger partial charge in [-0.2, -0.15) is 0 Å². The molecule has 0 spiro atoms.